The van der Waals surface area contributed by atoms with Crippen LogP contribution in [-0.4, -0.2) is 15.9 Å². The van der Waals surface area contributed by atoms with Crippen LogP contribution < -0.4 is 10.6 Å². The molecule has 1 aromatic carbocycles. The number of rotatable bonds is 7. The lowest BCUT2D eigenvalue weighted by Crippen LogP contribution is -2.37. The molecule has 0 aliphatic heterocycles. The van der Waals surface area contributed by atoms with Crippen LogP contribution in [0.15, 0.2) is 73.3 Å². The molecule has 5 nitrogen and oxygen atoms in total. The third-order valence-corrected chi connectivity index (χ3v) is 4.26. The van der Waals surface area contributed by atoms with E-state index in [-0.39, 0.29) is 18.7 Å². The van der Waals surface area contributed by atoms with Gasteiger partial charge in [0.25, 0.3) is 0 Å². The van der Waals surface area contributed by atoms with Crippen molar-refractivity contribution in [2.24, 2.45) is 0 Å². The maximum Gasteiger partial charge on any atom is 0.416 e. The third-order valence-electron chi connectivity index (χ3n) is 4.26. The Hall–Kier alpha value is -3.26. The highest BCUT2D eigenvalue weighted by Crippen LogP contribution is 2.31. The molecule has 150 valence electrons. The van der Waals surface area contributed by atoms with Gasteiger partial charge in [0.1, 0.15) is 6.04 Å². The quantitative estimate of drug-likeness (QED) is 0.636. The molecule has 8 heteroatoms. The van der Waals surface area contributed by atoms with E-state index < -0.39 is 23.7 Å². The topological polar surface area (TPSA) is 66.9 Å². The lowest BCUT2D eigenvalue weighted by atomic mass is 10.0. The molecule has 0 bridgehead atoms. The van der Waals surface area contributed by atoms with E-state index in [4.69, 9.17) is 0 Å². The van der Waals surface area contributed by atoms with Crippen LogP contribution >= 0.6 is 0 Å². The molecule has 2 N–H and O–H groups in total. The average molecular weight is 400 g/mol. The van der Waals surface area contributed by atoms with Gasteiger partial charge in [-0.2, -0.15) is 13.2 Å². The molecule has 2 aromatic heterocycles. The van der Waals surface area contributed by atoms with E-state index >= 15 is 0 Å². The van der Waals surface area contributed by atoms with Crippen LogP contribution in [-0.2, 0) is 24.1 Å². The fourth-order valence-electron chi connectivity index (χ4n) is 2.77. The highest BCUT2D eigenvalue weighted by molar-refractivity contribution is 5.83. The first-order valence-corrected chi connectivity index (χ1v) is 8.89. The zero-order chi connectivity index (χ0) is 20.7. The molecule has 0 fully saturated rings. The zero-order valence-electron chi connectivity index (χ0n) is 15.4. The number of alkyl halides is 3. The minimum Gasteiger partial charge on any atom is -0.350 e. The van der Waals surface area contributed by atoms with Gasteiger partial charge in [0.05, 0.1) is 5.56 Å². The molecule has 0 spiro atoms. The van der Waals surface area contributed by atoms with Crippen molar-refractivity contribution in [1.29, 1.82) is 0 Å². The fourth-order valence-corrected chi connectivity index (χ4v) is 2.77. The van der Waals surface area contributed by atoms with Gasteiger partial charge in [0.15, 0.2) is 0 Å². The van der Waals surface area contributed by atoms with Gasteiger partial charge in [-0.15, -0.1) is 0 Å². The van der Waals surface area contributed by atoms with Gasteiger partial charge in [0.2, 0.25) is 5.91 Å². The van der Waals surface area contributed by atoms with Crippen LogP contribution in [0.4, 0.5) is 13.2 Å². The van der Waals surface area contributed by atoms with E-state index in [1.165, 1.54) is 12.1 Å². The van der Waals surface area contributed by atoms with Gasteiger partial charge in [-0.25, -0.2) is 0 Å². The van der Waals surface area contributed by atoms with Crippen molar-refractivity contribution in [2.45, 2.75) is 25.3 Å². The van der Waals surface area contributed by atoms with Gasteiger partial charge < -0.3 is 5.32 Å². The Kier molecular flexibility index (Phi) is 6.56. The Morgan fingerprint density at radius 2 is 1.72 bits per heavy atom. The van der Waals surface area contributed by atoms with Crippen LogP contribution in [0, 0.1) is 0 Å². The molecule has 29 heavy (non-hydrogen) atoms. The number of nitrogens with zero attached hydrogens (tertiary/aromatic N) is 2. The maximum atomic E-state index is 13.1. The number of pyridine rings is 2. The Morgan fingerprint density at radius 3 is 2.41 bits per heavy atom. The van der Waals surface area contributed by atoms with E-state index in [2.05, 4.69) is 20.6 Å². The number of hydrogen-bond donors (Lipinski definition) is 2. The molecule has 1 unspecified atom stereocenters. The van der Waals surface area contributed by atoms with Crippen molar-refractivity contribution < 1.29 is 18.0 Å². The molecule has 3 rings (SSSR count). The molecule has 0 aliphatic carbocycles. The highest BCUT2D eigenvalue weighted by atomic mass is 19.4. The molecule has 1 atom stereocenters. The van der Waals surface area contributed by atoms with Gasteiger partial charge in [-0.05, 0) is 47.0 Å². The lowest BCUT2D eigenvalue weighted by molar-refractivity contribution is -0.137. The summed E-state index contributed by atoms with van der Waals surface area (Å²) in [5.74, 6) is -0.426. The first-order valence-electron chi connectivity index (χ1n) is 8.89. The summed E-state index contributed by atoms with van der Waals surface area (Å²) < 4.78 is 39.4. The summed E-state index contributed by atoms with van der Waals surface area (Å²) in [4.78, 5) is 20.7. The van der Waals surface area contributed by atoms with Crippen molar-refractivity contribution in [3.8, 4) is 0 Å². The van der Waals surface area contributed by atoms with Crippen LogP contribution in [0.3, 0.4) is 0 Å². The smallest absolute Gasteiger partial charge is 0.350 e. The van der Waals surface area contributed by atoms with Crippen molar-refractivity contribution in [2.75, 3.05) is 0 Å². The minimum absolute atomic E-state index is 0.232. The number of carbonyl (C=O) groups is 1. The number of halogens is 3. The second-order valence-corrected chi connectivity index (χ2v) is 6.37. The van der Waals surface area contributed by atoms with Crippen molar-refractivity contribution >= 4 is 5.91 Å². The lowest BCUT2D eigenvalue weighted by Gasteiger charge is -2.20. The minimum atomic E-state index is -4.49. The van der Waals surface area contributed by atoms with E-state index in [1.807, 2.05) is 6.07 Å². The second kappa shape index (κ2) is 9.29. The highest BCUT2D eigenvalue weighted by Gasteiger charge is 2.31. The number of benzene rings is 1. The average Bonchev–Trinajstić information content (AvgIpc) is 2.73. The SMILES string of the molecule is O=C(NCc1ccncc1)C(NCc1cccnc1)c1cccc(C(F)(F)F)c1. The third kappa shape index (κ3) is 5.86. The van der Waals surface area contributed by atoms with Gasteiger partial charge in [-0.1, -0.05) is 18.2 Å². The molecule has 0 radical (unpaired) electrons. The summed E-state index contributed by atoms with van der Waals surface area (Å²) in [6.07, 6.45) is 1.97. The summed E-state index contributed by atoms with van der Waals surface area (Å²) in [6, 6.07) is 10.9. The molecule has 0 saturated carbocycles. The van der Waals surface area contributed by atoms with E-state index in [0.29, 0.717) is 0 Å². The Balaban J connectivity index is 1.80. The molecule has 3 aromatic rings. The molecular formula is C21H19F3N4O. The second-order valence-electron chi connectivity index (χ2n) is 6.37. The standard InChI is InChI=1S/C21H19F3N4O/c22-21(23,24)18-5-1-4-17(11-18)19(27-14-16-3-2-8-26-12-16)20(29)28-13-15-6-9-25-10-7-15/h1-12,19,27H,13-14H2,(H,28,29). The van der Waals surface area contributed by atoms with E-state index in [9.17, 15) is 18.0 Å². The first kappa shape index (κ1) is 20.5. The number of amides is 1. The van der Waals surface area contributed by atoms with Gasteiger partial charge in [0, 0.05) is 37.9 Å². The van der Waals surface area contributed by atoms with E-state index in [0.717, 1.165) is 23.3 Å². The van der Waals surface area contributed by atoms with Crippen LogP contribution in [0.5, 0.6) is 0 Å². The monoisotopic (exact) mass is 400 g/mol. The van der Waals surface area contributed by atoms with Crippen LogP contribution in [0.25, 0.3) is 0 Å². The zero-order valence-corrected chi connectivity index (χ0v) is 15.4. The first-order chi connectivity index (χ1) is 13.9. The number of nitrogens with one attached hydrogen (secondary N) is 2. The number of carbonyl (C=O) groups excluding carboxylic acids is 1. The van der Waals surface area contributed by atoms with Gasteiger partial charge in [-0.3, -0.25) is 20.1 Å². The predicted molar refractivity (Wildman–Crippen MR) is 101 cm³/mol. The summed E-state index contributed by atoms with van der Waals surface area (Å²) in [5, 5.41) is 5.80. The van der Waals surface area contributed by atoms with E-state index in [1.54, 1.807) is 43.0 Å². The molecule has 0 aliphatic rings. The summed E-state index contributed by atoms with van der Waals surface area (Å²) in [6.45, 7) is 0.517. The maximum absolute atomic E-state index is 13.1. The largest absolute Gasteiger partial charge is 0.416 e. The summed E-state index contributed by atoms with van der Waals surface area (Å²) in [7, 11) is 0. The van der Waals surface area contributed by atoms with Crippen molar-refractivity contribution in [3.05, 3.63) is 95.6 Å². The Morgan fingerprint density at radius 1 is 0.931 bits per heavy atom. The van der Waals surface area contributed by atoms with Crippen molar-refractivity contribution in [3.63, 3.8) is 0 Å². The summed E-state index contributed by atoms with van der Waals surface area (Å²) in [5.41, 5.74) is 1.08. The fraction of sp³-hybridized carbons (Fsp3) is 0.190. The molecular weight excluding hydrogens is 381 g/mol. The Labute approximate surface area is 166 Å². The van der Waals surface area contributed by atoms with Crippen LogP contribution in [0.1, 0.15) is 28.3 Å². The predicted octanol–water partition coefficient (Wildman–Crippen LogP) is 3.64. The van der Waals surface area contributed by atoms with Gasteiger partial charge >= 0.3 is 6.18 Å². The number of aromatic nitrogens is 2. The van der Waals surface area contributed by atoms with Crippen LogP contribution in [0.2, 0.25) is 0 Å². The van der Waals surface area contributed by atoms with Crippen molar-refractivity contribution in [1.82, 2.24) is 20.6 Å². The molecule has 0 saturated heterocycles. The summed E-state index contributed by atoms with van der Waals surface area (Å²) >= 11 is 0. The number of hydrogen-bond acceptors (Lipinski definition) is 4. The molecule has 1 amide bonds. The molecule has 2 heterocycles. The normalized spacial score (nSPS) is 12.4. The Bertz CT molecular complexity index is 933.